The molecule has 0 radical (unpaired) electrons. The van der Waals surface area contributed by atoms with Crippen molar-refractivity contribution in [2.24, 2.45) is 0 Å². The number of nitrogens with zero attached hydrogens (tertiary/aromatic N) is 2. The van der Waals surface area contributed by atoms with Gasteiger partial charge in [-0.1, -0.05) is 54.6 Å². The quantitative estimate of drug-likeness (QED) is 0.292. The molecule has 0 fully saturated rings. The van der Waals surface area contributed by atoms with Gasteiger partial charge in [0.1, 0.15) is 5.58 Å². The van der Waals surface area contributed by atoms with Crippen molar-refractivity contribution in [2.75, 3.05) is 0 Å². The van der Waals surface area contributed by atoms with E-state index in [2.05, 4.69) is 101 Å². The third-order valence-corrected chi connectivity index (χ3v) is 6.27. The van der Waals surface area contributed by atoms with Crippen molar-refractivity contribution in [3.05, 3.63) is 109 Å². The van der Waals surface area contributed by atoms with E-state index >= 15 is 0 Å². The lowest BCUT2D eigenvalue weighted by Gasteiger charge is -2.10. The molecule has 0 N–H and O–H groups in total. The SMILES string of the molecule is c1cc(-c2ccc3oc4ncccc4c3c2)cc(-n2c3ccccc3c3ccccc32)c1. The Hall–Kier alpha value is -4.37. The minimum atomic E-state index is 0.679. The zero-order valence-corrected chi connectivity index (χ0v) is 17.2. The molecule has 7 rings (SSSR count). The molecule has 3 heterocycles. The van der Waals surface area contributed by atoms with Crippen LogP contribution in [0.25, 0.3) is 60.7 Å². The fourth-order valence-electron chi connectivity index (χ4n) is 4.82. The van der Waals surface area contributed by atoms with Crippen molar-refractivity contribution in [1.29, 1.82) is 0 Å². The Morgan fingerprint density at radius 1 is 0.562 bits per heavy atom. The average molecular weight is 410 g/mol. The zero-order valence-electron chi connectivity index (χ0n) is 17.2. The smallest absolute Gasteiger partial charge is 0.227 e. The molecule has 32 heavy (non-hydrogen) atoms. The van der Waals surface area contributed by atoms with Crippen LogP contribution in [0.3, 0.4) is 0 Å². The van der Waals surface area contributed by atoms with Gasteiger partial charge in [0.05, 0.1) is 11.0 Å². The summed E-state index contributed by atoms with van der Waals surface area (Å²) in [4.78, 5) is 4.36. The van der Waals surface area contributed by atoms with Crippen LogP contribution in [-0.2, 0) is 0 Å². The number of hydrogen-bond donors (Lipinski definition) is 0. The first kappa shape index (κ1) is 17.3. The van der Waals surface area contributed by atoms with E-state index in [1.54, 1.807) is 6.20 Å². The van der Waals surface area contributed by atoms with Gasteiger partial charge in [0.2, 0.25) is 5.71 Å². The minimum absolute atomic E-state index is 0.679. The number of rotatable bonds is 2. The molecule has 0 saturated heterocycles. The molecular weight excluding hydrogens is 392 g/mol. The molecule has 150 valence electrons. The van der Waals surface area contributed by atoms with Crippen LogP contribution in [0.2, 0.25) is 0 Å². The zero-order chi connectivity index (χ0) is 21.1. The normalized spacial score (nSPS) is 11.8. The molecule has 3 nitrogen and oxygen atoms in total. The second-order valence-corrected chi connectivity index (χ2v) is 8.09. The molecule has 3 heteroatoms. The van der Waals surface area contributed by atoms with Gasteiger partial charge in [0, 0.05) is 33.4 Å². The number of aromatic nitrogens is 2. The standard InChI is InChI=1S/C29H18N2O/c1-3-12-26-22(9-1)23-10-2-4-13-27(23)31(26)21-8-5-7-19(17-21)20-14-15-28-25(18-20)24-11-6-16-30-29(24)32-28/h1-18H. The van der Waals surface area contributed by atoms with Crippen molar-refractivity contribution >= 4 is 43.9 Å². The Morgan fingerprint density at radius 3 is 2.09 bits per heavy atom. The first-order valence-corrected chi connectivity index (χ1v) is 10.7. The fraction of sp³-hybridized carbons (Fsp3) is 0. The maximum Gasteiger partial charge on any atom is 0.227 e. The predicted octanol–water partition coefficient (Wildman–Crippen LogP) is 7.75. The first-order valence-electron chi connectivity index (χ1n) is 10.7. The van der Waals surface area contributed by atoms with Gasteiger partial charge in [-0.05, 0) is 59.7 Å². The summed E-state index contributed by atoms with van der Waals surface area (Å²) in [6.45, 7) is 0. The van der Waals surface area contributed by atoms with Crippen LogP contribution in [-0.4, -0.2) is 9.55 Å². The highest BCUT2D eigenvalue weighted by Crippen LogP contribution is 2.35. The van der Waals surface area contributed by atoms with E-state index in [1.165, 1.54) is 27.4 Å². The Kier molecular flexibility index (Phi) is 3.55. The largest absolute Gasteiger partial charge is 0.438 e. The number of furan rings is 1. The molecular formula is C29H18N2O. The Bertz CT molecular complexity index is 1730. The van der Waals surface area contributed by atoms with Gasteiger partial charge in [0.25, 0.3) is 0 Å². The lowest BCUT2D eigenvalue weighted by molar-refractivity contribution is 0.654. The molecule has 0 amide bonds. The van der Waals surface area contributed by atoms with E-state index in [1.807, 2.05) is 12.1 Å². The molecule has 0 spiro atoms. The third-order valence-electron chi connectivity index (χ3n) is 6.27. The summed E-state index contributed by atoms with van der Waals surface area (Å²) in [6.07, 6.45) is 1.76. The Labute approximate surface area is 184 Å². The highest BCUT2D eigenvalue weighted by Gasteiger charge is 2.13. The minimum Gasteiger partial charge on any atom is -0.438 e. The lowest BCUT2D eigenvalue weighted by Crippen LogP contribution is -1.94. The molecule has 0 atom stereocenters. The van der Waals surface area contributed by atoms with Gasteiger partial charge < -0.3 is 8.98 Å². The summed E-state index contributed by atoms with van der Waals surface area (Å²) in [6, 6.07) is 36.3. The summed E-state index contributed by atoms with van der Waals surface area (Å²) in [5.74, 6) is 0. The lowest BCUT2D eigenvalue weighted by atomic mass is 10.0. The second kappa shape index (κ2) is 6.56. The van der Waals surface area contributed by atoms with E-state index in [0.717, 1.165) is 27.6 Å². The van der Waals surface area contributed by atoms with E-state index in [0.29, 0.717) is 5.71 Å². The van der Waals surface area contributed by atoms with Gasteiger partial charge in [-0.2, -0.15) is 0 Å². The van der Waals surface area contributed by atoms with Crippen LogP contribution in [0.5, 0.6) is 0 Å². The highest BCUT2D eigenvalue weighted by atomic mass is 16.3. The summed E-state index contributed by atoms with van der Waals surface area (Å²) in [5, 5.41) is 4.68. The number of pyridine rings is 1. The average Bonchev–Trinajstić information content (AvgIpc) is 3.39. The van der Waals surface area contributed by atoms with E-state index in [4.69, 9.17) is 4.42 Å². The highest BCUT2D eigenvalue weighted by molar-refractivity contribution is 6.09. The van der Waals surface area contributed by atoms with Crippen molar-refractivity contribution in [3.8, 4) is 16.8 Å². The molecule has 4 aromatic carbocycles. The fourth-order valence-corrected chi connectivity index (χ4v) is 4.82. The van der Waals surface area contributed by atoms with Crippen LogP contribution in [0.1, 0.15) is 0 Å². The van der Waals surface area contributed by atoms with Crippen LogP contribution >= 0.6 is 0 Å². The summed E-state index contributed by atoms with van der Waals surface area (Å²) < 4.78 is 8.26. The van der Waals surface area contributed by atoms with Crippen LogP contribution < -0.4 is 0 Å². The van der Waals surface area contributed by atoms with Crippen molar-refractivity contribution in [2.45, 2.75) is 0 Å². The van der Waals surface area contributed by atoms with E-state index < -0.39 is 0 Å². The molecule has 0 aliphatic rings. The Balaban J connectivity index is 1.45. The number of fused-ring (bicyclic) bond motifs is 6. The maximum absolute atomic E-state index is 5.91. The van der Waals surface area contributed by atoms with Crippen molar-refractivity contribution in [3.63, 3.8) is 0 Å². The maximum atomic E-state index is 5.91. The molecule has 0 aliphatic carbocycles. The van der Waals surface area contributed by atoms with Crippen molar-refractivity contribution in [1.82, 2.24) is 9.55 Å². The molecule has 0 aliphatic heterocycles. The first-order chi connectivity index (χ1) is 15.9. The number of benzene rings is 4. The third kappa shape index (κ3) is 2.45. The van der Waals surface area contributed by atoms with Gasteiger partial charge >= 0.3 is 0 Å². The molecule has 3 aromatic heterocycles. The molecule has 0 saturated carbocycles. The van der Waals surface area contributed by atoms with E-state index in [9.17, 15) is 0 Å². The molecule has 0 unspecified atom stereocenters. The topological polar surface area (TPSA) is 31.0 Å². The second-order valence-electron chi connectivity index (χ2n) is 8.09. The molecule has 0 bridgehead atoms. The monoisotopic (exact) mass is 410 g/mol. The van der Waals surface area contributed by atoms with Crippen LogP contribution in [0, 0.1) is 0 Å². The van der Waals surface area contributed by atoms with Gasteiger partial charge in [0.15, 0.2) is 0 Å². The van der Waals surface area contributed by atoms with Crippen LogP contribution in [0.15, 0.2) is 114 Å². The summed E-state index contributed by atoms with van der Waals surface area (Å²) >= 11 is 0. The van der Waals surface area contributed by atoms with Gasteiger partial charge in [-0.3, -0.25) is 0 Å². The predicted molar refractivity (Wildman–Crippen MR) is 131 cm³/mol. The van der Waals surface area contributed by atoms with Gasteiger partial charge in [-0.15, -0.1) is 0 Å². The Morgan fingerprint density at radius 2 is 1.28 bits per heavy atom. The number of hydrogen-bond acceptors (Lipinski definition) is 2. The van der Waals surface area contributed by atoms with Crippen molar-refractivity contribution < 1.29 is 4.42 Å². The van der Waals surface area contributed by atoms with Crippen LogP contribution in [0.4, 0.5) is 0 Å². The summed E-state index contributed by atoms with van der Waals surface area (Å²) in [5.41, 5.74) is 7.45. The van der Waals surface area contributed by atoms with Gasteiger partial charge in [-0.25, -0.2) is 4.98 Å². The van der Waals surface area contributed by atoms with E-state index in [-0.39, 0.29) is 0 Å². The molecule has 7 aromatic rings. The number of para-hydroxylation sites is 2. The summed E-state index contributed by atoms with van der Waals surface area (Å²) in [7, 11) is 0.